The van der Waals surface area contributed by atoms with Crippen molar-refractivity contribution in [2.24, 2.45) is 0 Å². The predicted octanol–water partition coefficient (Wildman–Crippen LogP) is 16.7. The number of carbonyl (C=O) groups is 1. The zero-order valence-corrected chi connectivity index (χ0v) is 47.8. The molecular weight excluding hydrogens is 925 g/mol. The molecule has 0 saturated carbocycles. The van der Waals surface area contributed by atoms with Gasteiger partial charge in [0.15, 0.2) is 6.29 Å². The van der Waals surface area contributed by atoms with Crippen molar-refractivity contribution in [3.05, 3.63) is 72.9 Å². The summed E-state index contributed by atoms with van der Waals surface area (Å²) in [6, 6.07) is 0. The Morgan fingerprint density at radius 2 is 0.824 bits per heavy atom. The van der Waals surface area contributed by atoms with Crippen LogP contribution < -0.4 is 0 Å². The van der Waals surface area contributed by atoms with E-state index < -0.39 is 43.4 Å². The summed E-state index contributed by atoms with van der Waals surface area (Å²) in [6.07, 6.45) is 68.2. The monoisotopic (exact) mass is 1040 g/mol. The number of allylic oxidation sites excluding steroid dienone is 12. The van der Waals surface area contributed by atoms with Gasteiger partial charge in [-0.25, -0.2) is 0 Å². The van der Waals surface area contributed by atoms with Gasteiger partial charge in [0.2, 0.25) is 0 Å². The molecule has 74 heavy (non-hydrogen) atoms. The van der Waals surface area contributed by atoms with Gasteiger partial charge in [-0.15, -0.1) is 0 Å². The Morgan fingerprint density at radius 3 is 1.24 bits per heavy atom. The molecule has 6 atom stereocenters. The highest BCUT2D eigenvalue weighted by Crippen LogP contribution is 2.23. The van der Waals surface area contributed by atoms with Crippen LogP contribution in [0.5, 0.6) is 0 Å². The van der Waals surface area contributed by atoms with Crippen LogP contribution in [0.1, 0.15) is 271 Å². The zero-order valence-electron chi connectivity index (χ0n) is 47.8. The van der Waals surface area contributed by atoms with E-state index in [4.69, 9.17) is 18.9 Å². The summed E-state index contributed by atoms with van der Waals surface area (Å²) < 4.78 is 23.0. The lowest BCUT2D eigenvalue weighted by atomic mass is 9.99. The van der Waals surface area contributed by atoms with E-state index in [1.54, 1.807) is 0 Å². The molecule has 0 aromatic heterocycles. The number of aliphatic hydroxyl groups is 4. The zero-order chi connectivity index (χ0) is 53.5. The highest BCUT2D eigenvalue weighted by molar-refractivity contribution is 5.69. The van der Waals surface area contributed by atoms with Crippen molar-refractivity contribution in [2.45, 2.75) is 307 Å². The maximum atomic E-state index is 12.9. The molecule has 430 valence electrons. The minimum atomic E-state index is -1.54. The van der Waals surface area contributed by atoms with Crippen molar-refractivity contribution in [1.82, 2.24) is 0 Å². The molecular formula is C65H116O9. The Labute approximate surface area is 455 Å². The van der Waals surface area contributed by atoms with Crippen LogP contribution in [0.25, 0.3) is 0 Å². The van der Waals surface area contributed by atoms with Crippen molar-refractivity contribution in [3.63, 3.8) is 0 Å². The number of unbranched alkanes of at least 4 members (excludes halogenated alkanes) is 31. The maximum absolute atomic E-state index is 12.9. The lowest BCUT2D eigenvalue weighted by Crippen LogP contribution is -2.59. The fourth-order valence-corrected chi connectivity index (χ4v) is 9.38. The average Bonchev–Trinajstić information content (AvgIpc) is 3.40. The molecule has 1 saturated heterocycles. The van der Waals surface area contributed by atoms with E-state index >= 15 is 0 Å². The molecule has 1 aliphatic heterocycles. The summed E-state index contributed by atoms with van der Waals surface area (Å²) in [5.41, 5.74) is 0. The summed E-state index contributed by atoms with van der Waals surface area (Å²) in [5.74, 6) is -0.325. The molecule has 9 nitrogen and oxygen atoms in total. The highest BCUT2D eigenvalue weighted by Gasteiger charge is 2.44. The normalized spacial score (nSPS) is 19.0. The van der Waals surface area contributed by atoms with E-state index in [2.05, 4.69) is 86.8 Å². The van der Waals surface area contributed by atoms with Gasteiger partial charge in [0, 0.05) is 13.0 Å². The topological polar surface area (TPSA) is 135 Å². The molecule has 1 fully saturated rings. The third-order valence-electron chi connectivity index (χ3n) is 14.1. The average molecular weight is 1040 g/mol. The number of esters is 1. The molecule has 1 rings (SSSR count). The summed E-state index contributed by atoms with van der Waals surface area (Å²) in [5, 5.41) is 40.4. The molecule has 0 aliphatic carbocycles. The molecule has 4 N–H and O–H groups in total. The van der Waals surface area contributed by atoms with Crippen molar-refractivity contribution >= 4 is 5.97 Å². The van der Waals surface area contributed by atoms with E-state index in [-0.39, 0.29) is 19.2 Å². The smallest absolute Gasteiger partial charge is 0.306 e. The SMILES string of the molecule is CC/C=C\C/C=C\C/C=C\C/C=C\C/C=C\C/C=C\CCCCCCCCC(=O)OC(COCCCCCCCCCCCCCCCCCCCCCCCCCCCC)COC1OC(CO)C(O)C(O)C1O. The fourth-order valence-electron chi connectivity index (χ4n) is 9.38. The molecule has 0 radical (unpaired) electrons. The Hall–Kier alpha value is -2.37. The Balaban J connectivity index is 2.14. The first kappa shape index (κ1) is 69.6. The van der Waals surface area contributed by atoms with Gasteiger partial charge in [-0.2, -0.15) is 0 Å². The largest absolute Gasteiger partial charge is 0.457 e. The van der Waals surface area contributed by atoms with Crippen molar-refractivity contribution < 1.29 is 44.2 Å². The second kappa shape index (κ2) is 55.4. The molecule has 0 aromatic carbocycles. The molecule has 1 aliphatic rings. The fraction of sp³-hybridized carbons (Fsp3) is 0.800. The van der Waals surface area contributed by atoms with Crippen LogP contribution in [-0.4, -0.2) is 89.6 Å². The van der Waals surface area contributed by atoms with Gasteiger partial charge < -0.3 is 39.4 Å². The first-order valence-electron chi connectivity index (χ1n) is 31.0. The highest BCUT2D eigenvalue weighted by atomic mass is 16.7. The number of rotatable bonds is 54. The van der Waals surface area contributed by atoms with E-state index in [1.807, 2.05) is 0 Å². The number of hydrogen-bond acceptors (Lipinski definition) is 9. The second-order valence-corrected chi connectivity index (χ2v) is 21.1. The maximum Gasteiger partial charge on any atom is 0.306 e. The Morgan fingerprint density at radius 1 is 0.446 bits per heavy atom. The van der Waals surface area contributed by atoms with Crippen LogP contribution in [-0.2, 0) is 23.7 Å². The summed E-state index contributed by atoms with van der Waals surface area (Å²) in [4.78, 5) is 12.9. The number of hydrogen-bond donors (Lipinski definition) is 4. The van der Waals surface area contributed by atoms with Gasteiger partial charge in [-0.1, -0.05) is 273 Å². The standard InChI is InChI=1S/C65H116O9/c1-3-5-7-9-11-13-15-17-19-21-23-25-27-29-31-33-35-37-39-41-43-45-47-49-51-53-55-71-57-59(58-72-65-64(70)63(69)62(68)60(56-66)74-65)73-61(67)54-52-50-48-46-44-42-40-38-36-34-32-30-28-26-24-22-20-18-16-14-12-10-8-6-4-2/h6,8,12,14,18,20,24,26,30,32,36,38,59-60,62-66,68-70H,3-5,7,9-11,13,15-17,19,21-23,25,27-29,31,33-35,37,39-58H2,1-2H3/b8-6-,14-12-,20-18-,26-24-,32-30-,38-36-. The van der Waals surface area contributed by atoms with Gasteiger partial charge in [-0.05, 0) is 64.2 Å². The molecule has 1 heterocycles. The van der Waals surface area contributed by atoms with Crippen LogP contribution >= 0.6 is 0 Å². The molecule has 0 aromatic rings. The molecule has 0 bridgehead atoms. The van der Waals surface area contributed by atoms with Gasteiger partial charge in [0.25, 0.3) is 0 Å². The van der Waals surface area contributed by atoms with Crippen LogP contribution in [0.4, 0.5) is 0 Å². The number of ether oxygens (including phenoxy) is 4. The summed E-state index contributed by atoms with van der Waals surface area (Å²) in [6.45, 7) is 4.47. The van der Waals surface area contributed by atoms with Crippen LogP contribution in [0.2, 0.25) is 0 Å². The lowest BCUT2D eigenvalue weighted by molar-refractivity contribution is -0.305. The second-order valence-electron chi connectivity index (χ2n) is 21.1. The van der Waals surface area contributed by atoms with Crippen molar-refractivity contribution in [1.29, 1.82) is 0 Å². The third kappa shape index (κ3) is 44.7. The predicted molar refractivity (Wildman–Crippen MR) is 311 cm³/mol. The van der Waals surface area contributed by atoms with Crippen LogP contribution in [0.15, 0.2) is 72.9 Å². The first-order valence-corrected chi connectivity index (χ1v) is 31.0. The summed E-state index contributed by atoms with van der Waals surface area (Å²) in [7, 11) is 0. The molecule has 6 unspecified atom stereocenters. The van der Waals surface area contributed by atoms with Crippen molar-refractivity contribution in [3.8, 4) is 0 Å². The van der Waals surface area contributed by atoms with E-state index in [1.165, 1.54) is 167 Å². The third-order valence-corrected chi connectivity index (χ3v) is 14.1. The molecule has 9 heteroatoms. The van der Waals surface area contributed by atoms with Gasteiger partial charge in [0.1, 0.15) is 30.5 Å². The Bertz CT molecular complexity index is 1370. The first-order chi connectivity index (χ1) is 36.4. The number of carbonyl (C=O) groups excluding carboxylic acids is 1. The summed E-state index contributed by atoms with van der Waals surface area (Å²) >= 11 is 0. The van der Waals surface area contributed by atoms with E-state index in [0.29, 0.717) is 13.0 Å². The molecule has 0 spiro atoms. The Kier molecular flexibility index (Phi) is 52.1. The lowest BCUT2D eigenvalue weighted by Gasteiger charge is -2.39. The van der Waals surface area contributed by atoms with Gasteiger partial charge in [0.05, 0.1) is 19.8 Å². The van der Waals surface area contributed by atoms with Crippen molar-refractivity contribution in [2.75, 3.05) is 26.4 Å². The minimum Gasteiger partial charge on any atom is -0.457 e. The van der Waals surface area contributed by atoms with Crippen LogP contribution in [0.3, 0.4) is 0 Å². The van der Waals surface area contributed by atoms with E-state index in [0.717, 1.165) is 83.5 Å². The number of aliphatic hydroxyl groups excluding tert-OH is 4. The van der Waals surface area contributed by atoms with Crippen LogP contribution in [0, 0.1) is 0 Å². The van der Waals surface area contributed by atoms with Gasteiger partial charge >= 0.3 is 5.97 Å². The minimum absolute atomic E-state index is 0.120. The van der Waals surface area contributed by atoms with E-state index in [9.17, 15) is 25.2 Å². The molecule has 0 amide bonds. The quantitative estimate of drug-likeness (QED) is 0.0267. The van der Waals surface area contributed by atoms with Gasteiger partial charge in [-0.3, -0.25) is 4.79 Å².